The van der Waals surface area contributed by atoms with Crippen LogP contribution in [-0.2, 0) is 14.4 Å². The highest BCUT2D eigenvalue weighted by molar-refractivity contribution is 6.44. The molecule has 0 radical (unpaired) electrons. The van der Waals surface area contributed by atoms with Gasteiger partial charge in [-0.15, -0.1) is 0 Å². The van der Waals surface area contributed by atoms with Crippen LogP contribution in [0, 0.1) is 12.8 Å². The summed E-state index contributed by atoms with van der Waals surface area (Å²) in [6.07, 6.45) is 2.21. The average Bonchev–Trinajstić information content (AvgIpc) is 3.55. The molecule has 2 heterocycles. The summed E-state index contributed by atoms with van der Waals surface area (Å²) < 4.78 is 17.2. The third-order valence-electron chi connectivity index (χ3n) is 5.07. The Kier molecular flexibility index (Phi) is 5.32. The standard InChI is InChI=1S/C21H20ClFN2O4/c1-12-9-16-10-17(18(21(26)27-2)24-28-11-23)20(12)29-25(16)19(13-3-4-13)14-5-7-15(22)8-6-14/h5-10,13,19H,3-4,11H2,1-2H3. The molecule has 6 nitrogen and oxygen atoms in total. The molecule has 2 aromatic rings. The number of ether oxygens (including phenoxy) is 1. The molecule has 1 saturated carbocycles. The van der Waals surface area contributed by atoms with Crippen molar-refractivity contribution in [3.05, 3.63) is 58.1 Å². The number of benzene rings is 2. The number of oxime groups is 1. The predicted octanol–water partition coefficient (Wildman–Crippen LogP) is 4.73. The molecule has 0 N–H and O–H groups in total. The Hall–Kier alpha value is -2.80. The maximum atomic E-state index is 12.5. The van der Waals surface area contributed by atoms with Crippen molar-refractivity contribution in [2.24, 2.45) is 11.1 Å². The highest BCUT2D eigenvalue weighted by atomic mass is 35.5. The Balaban J connectivity index is 1.74. The molecule has 1 unspecified atom stereocenters. The van der Waals surface area contributed by atoms with E-state index < -0.39 is 12.8 Å². The zero-order valence-corrected chi connectivity index (χ0v) is 16.8. The quantitative estimate of drug-likeness (QED) is 0.369. The summed E-state index contributed by atoms with van der Waals surface area (Å²) in [4.78, 5) is 22.9. The van der Waals surface area contributed by atoms with E-state index in [9.17, 15) is 9.18 Å². The second-order valence-corrected chi connectivity index (χ2v) is 7.50. The lowest BCUT2D eigenvalue weighted by Crippen LogP contribution is -2.38. The van der Waals surface area contributed by atoms with E-state index in [1.807, 2.05) is 42.3 Å². The van der Waals surface area contributed by atoms with Crippen molar-refractivity contribution in [3.63, 3.8) is 0 Å². The second-order valence-electron chi connectivity index (χ2n) is 7.06. The van der Waals surface area contributed by atoms with Crippen LogP contribution in [0.5, 0.6) is 5.75 Å². The first kappa shape index (κ1) is 19.5. The van der Waals surface area contributed by atoms with Gasteiger partial charge >= 0.3 is 5.97 Å². The van der Waals surface area contributed by atoms with Gasteiger partial charge in [-0.3, -0.25) is 0 Å². The van der Waals surface area contributed by atoms with Gasteiger partial charge in [0.2, 0.25) is 0 Å². The molecule has 3 aliphatic rings. The summed E-state index contributed by atoms with van der Waals surface area (Å²) >= 11 is 6.05. The van der Waals surface area contributed by atoms with Crippen LogP contribution in [0.2, 0.25) is 5.02 Å². The molecular weight excluding hydrogens is 399 g/mol. The maximum Gasteiger partial charge on any atom is 0.360 e. The molecule has 1 atom stereocenters. The van der Waals surface area contributed by atoms with Gasteiger partial charge in [-0.1, -0.05) is 28.9 Å². The lowest BCUT2D eigenvalue weighted by molar-refractivity contribution is -0.132. The third kappa shape index (κ3) is 3.74. The fourth-order valence-corrected chi connectivity index (χ4v) is 3.73. The molecule has 0 spiro atoms. The van der Waals surface area contributed by atoms with Gasteiger partial charge in [0.15, 0.2) is 11.5 Å². The maximum absolute atomic E-state index is 12.5. The van der Waals surface area contributed by atoms with Gasteiger partial charge < -0.3 is 14.4 Å². The van der Waals surface area contributed by atoms with E-state index in [2.05, 4.69) is 9.99 Å². The monoisotopic (exact) mass is 418 g/mol. The number of alkyl halides is 1. The normalized spacial score (nSPS) is 16.4. The van der Waals surface area contributed by atoms with E-state index >= 15 is 0 Å². The summed E-state index contributed by atoms with van der Waals surface area (Å²) in [5, 5.41) is 6.14. The Labute approximate surface area is 172 Å². The number of carbonyl (C=O) groups excluding carboxylic acids is 1. The van der Waals surface area contributed by atoms with Crippen LogP contribution >= 0.6 is 11.6 Å². The number of halogens is 2. The molecular formula is C21H20ClFN2O4. The predicted molar refractivity (Wildman–Crippen MR) is 107 cm³/mol. The fraction of sp³-hybridized carbons (Fsp3) is 0.333. The van der Waals surface area contributed by atoms with Gasteiger partial charge in [-0.05, 0) is 61.1 Å². The first-order chi connectivity index (χ1) is 14.0. The van der Waals surface area contributed by atoms with Gasteiger partial charge in [0.1, 0.15) is 0 Å². The first-order valence-electron chi connectivity index (χ1n) is 9.25. The topological polar surface area (TPSA) is 60.4 Å². The summed E-state index contributed by atoms with van der Waals surface area (Å²) in [5.41, 5.74) is 2.97. The molecule has 29 heavy (non-hydrogen) atoms. The Bertz CT molecular complexity index is 960. The number of hydrogen-bond donors (Lipinski definition) is 0. The van der Waals surface area contributed by atoms with Crippen LogP contribution in [0.25, 0.3) is 0 Å². The zero-order valence-electron chi connectivity index (χ0n) is 16.0. The largest absolute Gasteiger partial charge is 0.464 e. The van der Waals surface area contributed by atoms with E-state index in [1.165, 1.54) is 7.11 Å². The van der Waals surface area contributed by atoms with Crippen molar-refractivity contribution in [2.45, 2.75) is 25.8 Å². The van der Waals surface area contributed by atoms with Crippen molar-refractivity contribution in [2.75, 3.05) is 19.0 Å². The van der Waals surface area contributed by atoms with Gasteiger partial charge in [0.05, 0.1) is 24.4 Å². The zero-order chi connectivity index (χ0) is 20.5. The van der Waals surface area contributed by atoms with Crippen molar-refractivity contribution >= 4 is 29.0 Å². The van der Waals surface area contributed by atoms with Gasteiger partial charge in [0.25, 0.3) is 6.86 Å². The van der Waals surface area contributed by atoms with Crippen LogP contribution in [-0.4, -0.2) is 25.7 Å². The number of nitrogens with zero attached hydrogens (tertiary/aromatic N) is 2. The Morgan fingerprint density at radius 1 is 1.34 bits per heavy atom. The van der Waals surface area contributed by atoms with Crippen LogP contribution in [0.1, 0.15) is 35.6 Å². The number of methoxy groups -OCH3 is 1. The third-order valence-corrected chi connectivity index (χ3v) is 5.33. The second kappa shape index (κ2) is 7.91. The molecule has 1 fully saturated rings. The number of fused-ring (bicyclic) bond motifs is 3. The highest BCUT2D eigenvalue weighted by Gasteiger charge is 2.41. The Morgan fingerprint density at radius 2 is 2.07 bits per heavy atom. The van der Waals surface area contributed by atoms with E-state index in [1.54, 1.807) is 6.07 Å². The van der Waals surface area contributed by atoms with Crippen molar-refractivity contribution in [3.8, 4) is 5.75 Å². The molecule has 2 aliphatic heterocycles. The number of hydrogen-bond acceptors (Lipinski definition) is 6. The minimum atomic E-state index is -1.15. The van der Waals surface area contributed by atoms with Crippen LogP contribution in [0.15, 0.2) is 41.6 Å². The van der Waals surface area contributed by atoms with Gasteiger partial charge in [-0.25, -0.2) is 14.2 Å². The minimum absolute atomic E-state index is 0.0139. The fourth-order valence-electron chi connectivity index (χ4n) is 3.60. The molecule has 1 aliphatic carbocycles. The molecule has 0 aromatic heterocycles. The van der Waals surface area contributed by atoms with Gasteiger partial charge in [-0.2, -0.15) is 0 Å². The van der Waals surface area contributed by atoms with E-state index in [0.29, 0.717) is 22.3 Å². The lowest BCUT2D eigenvalue weighted by atomic mass is 9.98. The first-order valence-corrected chi connectivity index (χ1v) is 9.63. The Morgan fingerprint density at radius 3 is 2.66 bits per heavy atom. The number of esters is 1. The number of hydroxylamine groups is 1. The van der Waals surface area contributed by atoms with E-state index in [-0.39, 0.29) is 11.8 Å². The smallest absolute Gasteiger partial charge is 0.360 e. The molecule has 0 amide bonds. The van der Waals surface area contributed by atoms with E-state index in [4.69, 9.17) is 21.2 Å². The summed E-state index contributed by atoms with van der Waals surface area (Å²) in [6, 6.07) is 11.5. The van der Waals surface area contributed by atoms with Crippen molar-refractivity contribution in [1.29, 1.82) is 0 Å². The molecule has 8 heteroatoms. The number of rotatable bonds is 7. The number of carbonyl (C=O) groups is 1. The average molecular weight is 419 g/mol. The number of anilines is 1. The van der Waals surface area contributed by atoms with Gasteiger partial charge in [0, 0.05) is 5.02 Å². The SMILES string of the molecule is COC(=O)C(=NOCF)c1cc2cc(C)c1ON2C(c1ccc(Cl)cc1)C1CC1. The summed E-state index contributed by atoms with van der Waals surface area (Å²) in [7, 11) is 1.23. The summed E-state index contributed by atoms with van der Waals surface area (Å²) in [5.74, 6) is 0.189. The minimum Gasteiger partial charge on any atom is -0.464 e. The molecule has 2 aromatic carbocycles. The van der Waals surface area contributed by atoms with E-state index in [0.717, 1.165) is 29.7 Å². The van der Waals surface area contributed by atoms with Crippen molar-refractivity contribution in [1.82, 2.24) is 0 Å². The molecule has 2 bridgehead atoms. The number of aryl methyl sites for hydroxylation is 1. The molecule has 152 valence electrons. The van der Waals surface area contributed by atoms with Crippen LogP contribution < -0.4 is 9.90 Å². The van der Waals surface area contributed by atoms with Crippen molar-refractivity contribution < 1.29 is 23.6 Å². The molecule has 5 rings (SSSR count). The molecule has 0 saturated heterocycles. The summed E-state index contributed by atoms with van der Waals surface area (Å²) in [6.45, 7) is 0.723. The lowest BCUT2D eigenvalue weighted by Gasteiger charge is -2.38. The van der Waals surface area contributed by atoms with Crippen LogP contribution in [0.4, 0.5) is 10.1 Å². The van der Waals surface area contributed by atoms with Crippen LogP contribution in [0.3, 0.4) is 0 Å². The highest BCUT2D eigenvalue weighted by Crippen LogP contribution is 2.49.